The van der Waals surface area contributed by atoms with Gasteiger partial charge in [-0.2, -0.15) is 5.10 Å². The van der Waals surface area contributed by atoms with E-state index in [2.05, 4.69) is 44.4 Å². The number of hydrogen-bond acceptors (Lipinski definition) is 3. The lowest BCUT2D eigenvalue weighted by Gasteiger charge is -2.20. The fourth-order valence-corrected chi connectivity index (χ4v) is 2.81. The molecular formula is C21H31N3O2. The summed E-state index contributed by atoms with van der Waals surface area (Å²) in [7, 11) is 0. The lowest BCUT2D eigenvalue weighted by atomic mass is 9.89. The van der Waals surface area contributed by atoms with Crippen molar-refractivity contribution in [3.8, 4) is 0 Å². The van der Waals surface area contributed by atoms with Crippen LogP contribution in [0, 0.1) is 5.41 Å². The number of aromatic nitrogens is 2. The predicted molar refractivity (Wildman–Crippen MR) is 104 cm³/mol. The van der Waals surface area contributed by atoms with E-state index in [9.17, 15) is 9.90 Å². The van der Waals surface area contributed by atoms with E-state index in [0.717, 1.165) is 12.2 Å². The van der Waals surface area contributed by atoms with Gasteiger partial charge in [0.15, 0.2) is 0 Å². The molecule has 142 valence electrons. The fraction of sp³-hybridized carbons (Fsp3) is 0.524. The molecule has 1 heterocycles. The van der Waals surface area contributed by atoms with Crippen LogP contribution in [0.1, 0.15) is 57.9 Å². The Kier molecular flexibility index (Phi) is 6.24. The molecule has 0 aliphatic heterocycles. The van der Waals surface area contributed by atoms with Crippen molar-refractivity contribution < 1.29 is 9.90 Å². The summed E-state index contributed by atoms with van der Waals surface area (Å²) in [5.74, 6) is -0.759. The second-order valence-corrected chi connectivity index (χ2v) is 8.55. The van der Waals surface area contributed by atoms with Crippen molar-refractivity contribution in [2.75, 3.05) is 6.54 Å². The molecule has 2 rings (SSSR count). The van der Waals surface area contributed by atoms with E-state index in [1.54, 1.807) is 13.8 Å². The van der Waals surface area contributed by atoms with Gasteiger partial charge in [0.2, 0.25) is 0 Å². The van der Waals surface area contributed by atoms with Crippen LogP contribution >= 0.6 is 0 Å². The average Bonchev–Trinajstić information content (AvgIpc) is 2.95. The number of nitrogens with one attached hydrogen (secondary N) is 1. The van der Waals surface area contributed by atoms with E-state index in [0.29, 0.717) is 19.5 Å². The van der Waals surface area contributed by atoms with Gasteiger partial charge in [0.05, 0.1) is 17.7 Å². The Morgan fingerprint density at radius 2 is 1.81 bits per heavy atom. The van der Waals surface area contributed by atoms with Crippen molar-refractivity contribution in [2.24, 2.45) is 5.41 Å². The molecule has 0 unspecified atom stereocenters. The lowest BCUT2D eigenvalue weighted by molar-refractivity contribution is -0.147. The molecule has 2 N–H and O–H groups in total. The molecule has 1 aromatic heterocycles. The first-order valence-electron chi connectivity index (χ1n) is 9.14. The highest BCUT2D eigenvalue weighted by Gasteiger charge is 2.26. The third-order valence-electron chi connectivity index (χ3n) is 4.56. The fourth-order valence-electron chi connectivity index (χ4n) is 2.81. The monoisotopic (exact) mass is 357 g/mol. The Morgan fingerprint density at radius 3 is 2.38 bits per heavy atom. The van der Waals surface area contributed by atoms with Crippen LogP contribution in [0.2, 0.25) is 0 Å². The Hall–Kier alpha value is -2.14. The highest BCUT2D eigenvalue weighted by Crippen LogP contribution is 2.25. The summed E-state index contributed by atoms with van der Waals surface area (Å²) in [4.78, 5) is 11.2. The van der Waals surface area contributed by atoms with Gasteiger partial charge in [0.1, 0.15) is 0 Å². The van der Waals surface area contributed by atoms with Crippen molar-refractivity contribution in [2.45, 2.75) is 59.5 Å². The standard InChI is InChI=1S/C21H31N3O2/c1-20(2,3)18-17(13-22-12-11-21(4,5)19(25)26)15-24(23-18)14-16-9-7-6-8-10-16/h6-10,15,22H,11-14H2,1-5H3,(H,25,26). The minimum Gasteiger partial charge on any atom is -0.481 e. The summed E-state index contributed by atoms with van der Waals surface area (Å²) < 4.78 is 1.99. The molecule has 0 saturated heterocycles. The summed E-state index contributed by atoms with van der Waals surface area (Å²) in [6.07, 6.45) is 2.69. The second kappa shape index (κ2) is 8.04. The van der Waals surface area contributed by atoms with Crippen LogP contribution in [-0.4, -0.2) is 27.4 Å². The third-order valence-corrected chi connectivity index (χ3v) is 4.56. The average molecular weight is 357 g/mol. The quantitative estimate of drug-likeness (QED) is 0.705. The summed E-state index contributed by atoms with van der Waals surface area (Å²) in [6, 6.07) is 10.3. The van der Waals surface area contributed by atoms with Gasteiger partial charge in [-0.05, 0) is 32.4 Å². The molecule has 0 saturated carbocycles. The maximum absolute atomic E-state index is 11.2. The number of aliphatic carboxylic acids is 1. The number of carboxylic acids is 1. The van der Waals surface area contributed by atoms with E-state index in [4.69, 9.17) is 5.10 Å². The van der Waals surface area contributed by atoms with Gasteiger partial charge in [-0.15, -0.1) is 0 Å². The first-order valence-corrected chi connectivity index (χ1v) is 9.14. The molecule has 0 radical (unpaired) electrons. The number of hydrogen-bond donors (Lipinski definition) is 2. The molecule has 0 atom stereocenters. The normalized spacial score (nSPS) is 12.3. The van der Waals surface area contributed by atoms with Crippen LogP contribution in [0.3, 0.4) is 0 Å². The van der Waals surface area contributed by atoms with Gasteiger partial charge in [-0.3, -0.25) is 9.48 Å². The highest BCUT2D eigenvalue weighted by atomic mass is 16.4. The third kappa shape index (κ3) is 5.43. The summed E-state index contributed by atoms with van der Waals surface area (Å²) in [5.41, 5.74) is 2.72. The van der Waals surface area contributed by atoms with Crippen LogP contribution < -0.4 is 5.32 Å². The molecule has 5 nitrogen and oxygen atoms in total. The number of nitrogens with zero attached hydrogens (tertiary/aromatic N) is 2. The predicted octanol–water partition coefficient (Wildman–Crippen LogP) is 3.82. The van der Waals surface area contributed by atoms with Gasteiger partial charge in [-0.1, -0.05) is 51.1 Å². The van der Waals surface area contributed by atoms with Gasteiger partial charge in [0, 0.05) is 23.7 Å². The molecule has 0 spiro atoms. The van der Waals surface area contributed by atoms with Crippen LogP contribution in [-0.2, 0) is 23.3 Å². The van der Waals surface area contributed by atoms with E-state index >= 15 is 0 Å². The Labute approximate surface area is 156 Å². The largest absolute Gasteiger partial charge is 0.481 e. The van der Waals surface area contributed by atoms with Crippen molar-refractivity contribution in [1.82, 2.24) is 15.1 Å². The van der Waals surface area contributed by atoms with E-state index in [-0.39, 0.29) is 5.41 Å². The zero-order valence-corrected chi connectivity index (χ0v) is 16.5. The van der Waals surface area contributed by atoms with Crippen molar-refractivity contribution in [3.63, 3.8) is 0 Å². The molecule has 5 heteroatoms. The molecular weight excluding hydrogens is 326 g/mol. The molecule has 0 bridgehead atoms. The minimum atomic E-state index is -0.759. The number of carbonyl (C=O) groups is 1. The second-order valence-electron chi connectivity index (χ2n) is 8.55. The van der Waals surface area contributed by atoms with E-state index in [1.165, 1.54) is 11.1 Å². The maximum atomic E-state index is 11.2. The van der Waals surface area contributed by atoms with Gasteiger partial charge in [-0.25, -0.2) is 0 Å². The number of rotatable bonds is 8. The van der Waals surface area contributed by atoms with Gasteiger partial charge < -0.3 is 10.4 Å². The molecule has 0 aliphatic rings. The minimum absolute atomic E-state index is 0.0424. The van der Waals surface area contributed by atoms with Gasteiger partial charge in [0.25, 0.3) is 0 Å². The maximum Gasteiger partial charge on any atom is 0.309 e. The van der Waals surface area contributed by atoms with Crippen molar-refractivity contribution in [1.29, 1.82) is 0 Å². The smallest absolute Gasteiger partial charge is 0.309 e. The Bertz CT molecular complexity index is 727. The molecule has 0 amide bonds. The van der Waals surface area contributed by atoms with Crippen LogP contribution in [0.4, 0.5) is 0 Å². The van der Waals surface area contributed by atoms with E-state index in [1.807, 2.05) is 22.9 Å². The summed E-state index contributed by atoms with van der Waals surface area (Å²) in [6.45, 7) is 12.1. The highest BCUT2D eigenvalue weighted by molar-refractivity contribution is 5.73. The zero-order chi connectivity index (χ0) is 19.4. The molecule has 0 aliphatic carbocycles. The molecule has 1 aromatic carbocycles. The molecule has 2 aromatic rings. The molecule has 0 fully saturated rings. The topological polar surface area (TPSA) is 67.2 Å². The Balaban J connectivity index is 2.05. The Morgan fingerprint density at radius 1 is 1.15 bits per heavy atom. The van der Waals surface area contributed by atoms with Gasteiger partial charge >= 0.3 is 5.97 Å². The summed E-state index contributed by atoms with van der Waals surface area (Å²) >= 11 is 0. The summed E-state index contributed by atoms with van der Waals surface area (Å²) in [5, 5.41) is 17.4. The lowest BCUT2D eigenvalue weighted by Crippen LogP contribution is -2.29. The molecule has 26 heavy (non-hydrogen) atoms. The van der Waals surface area contributed by atoms with Crippen LogP contribution in [0.15, 0.2) is 36.5 Å². The number of benzene rings is 1. The van der Waals surface area contributed by atoms with Crippen molar-refractivity contribution >= 4 is 5.97 Å². The van der Waals surface area contributed by atoms with Crippen molar-refractivity contribution in [3.05, 3.63) is 53.3 Å². The number of carboxylic acid groups (broad SMARTS) is 1. The van der Waals surface area contributed by atoms with E-state index < -0.39 is 11.4 Å². The van der Waals surface area contributed by atoms with Crippen LogP contribution in [0.25, 0.3) is 0 Å². The first kappa shape index (κ1) is 20.2. The van der Waals surface area contributed by atoms with Crippen LogP contribution in [0.5, 0.6) is 0 Å². The first-order chi connectivity index (χ1) is 12.1. The zero-order valence-electron chi connectivity index (χ0n) is 16.5. The SMILES string of the molecule is CC(C)(CCNCc1cn(Cc2ccccc2)nc1C(C)(C)C)C(=O)O.